The van der Waals surface area contributed by atoms with Crippen molar-refractivity contribution in [1.82, 2.24) is 5.32 Å². The van der Waals surface area contributed by atoms with Crippen LogP contribution in [0.1, 0.15) is 6.92 Å². The van der Waals surface area contributed by atoms with Crippen LogP contribution in [-0.2, 0) is 9.59 Å². The van der Waals surface area contributed by atoms with Gasteiger partial charge in [0, 0.05) is 17.8 Å². The Morgan fingerprint density at radius 3 is 2.38 bits per heavy atom. The summed E-state index contributed by atoms with van der Waals surface area (Å²) in [7, 11) is 0. The molecule has 21 heavy (non-hydrogen) atoms. The zero-order valence-corrected chi connectivity index (χ0v) is 11.3. The molecular weight excluding hydrogens is 280 g/mol. The van der Waals surface area contributed by atoms with Crippen molar-refractivity contribution in [2.24, 2.45) is 5.73 Å². The minimum Gasteiger partial charge on any atom is -0.391 e. The normalized spacial score (nSPS) is 13.1. The molecule has 0 spiro atoms. The largest absolute Gasteiger partial charge is 0.391 e. The van der Waals surface area contributed by atoms with Gasteiger partial charge in [-0.15, -0.1) is 0 Å². The van der Waals surface area contributed by atoms with Gasteiger partial charge >= 0.3 is 0 Å². The van der Waals surface area contributed by atoms with E-state index in [0.717, 1.165) is 0 Å². The molecule has 0 aliphatic carbocycles. The van der Waals surface area contributed by atoms with E-state index in [1.54, 1.807) is 0 Å². The first-order valence-electron chi connectivity index (χ1n) is 6.08. The zero-order chi connectivity index (χ0) is 16.0. The minimum absolute atomic E-state index is 0.114. The first kappa shape index (κ1) is 16.5. The van der Waals surface area contributed by atoms with Crippen molar-refractivity contribution in [2.75, 3.05) is 11.9 Å². The number of nitrogens with zero attached hydrogens (tertiary/aromatic N) is 1. The lowest BCUT2D eigenvalue weighted by molar-refractivity contribution is -0.384. The third kappa shape index (κ3) is 4.82. The molecule has 9 heteroatoms. The molecule has 0 fully saturated rings. The second-order valence-corrected chi connectivity index (χ2v) is 4.28. The molecule has 0 aliphatic rings. The van der Waals surface area contributed by atoms with Crippen molar-refractivity contribution in [3.05, 3.63) is 34.4 Å². The monoisotopic (exact) mass is 296 g/mol. The van der Waals surface area contributed by atoms with E-state index in [9.17, 15) is 24.8 Å². The van der Waals surface area contributed by atoms with Crippen molar-refractivity contribution in [2.45, 2.75) is 19.1 Å². The summed E-state index contributed by atoms with van der Waals surface area (Å²) in [5.41, 5.74) is 5.32. The molecule has 1 rings (SSSR count). The smallest absolute Gasteiger partial charge is 0.269 e. The van der Waals surface area contributed by atoms with E-state index in [1.807, 2.05) is 0 Å². The highest BCUT2D eigenvalue weighted by molar-refractivity contribution is 5.97. The average molecular weight is 296 g/mol. The summed E-state index contributed by atoms with van der Waals surface area (Å²) in [6, 6.07) is 3.98. The van der Waals surface area contributed by atoms with Crippen LogP contribution >= 0.6 is 0 Å². The quantitative estimate of drug-likeness (QED) is 0.405. The maximum absolute atomic E-state index is 12.0. The number of aliphatic hydroxyl groups is 1. The first-order chi connectivity index (χ1) is 9.85. The lowest BCUT2D eigenvalue weighted by Gasteiger charge is -2.20. The average Bonchev–Trinajstić information content (AvgIpc) is 2.44. The van der Waals surface area contributed by atoms with Crippen molar-refractivity contribution in [3.8, 4) is 0 Å². The number of non-ortho nitro benzene ring substituents is 1. The highest BCUT2D eigenvalue weighted by atomic mass is 16.6. The summed E-state index contributed by atoms with van der Waals surface area (Å²) in [5, 5.41) is 24.8. The third-order valence-electron chi connectivity index (χ3n) is 2.61. The lowest BCUT2D eigenvalue weighted by Crippen LogP contribution is -2.51. The Bertz CT molecular complexity index is 529. The number of nitrogens with one attached hydrogen (secondary N) is 2. The number of rotatable bonds is 6. The zero-order valence-electron chi connectivity index (χ0n) is 11.3. The molecule has 0 saturated carbocycles. The van der Waals surface area contributed by atoms with Gasteiger partial charge in [-0.25, -0.2) is 0 Å². The molecule has 1 aromatic carbocycles. The Hall–Kier alpha value is -2.52. The fourth-order valence-electron chi connectivity index (χ4n) is 1.52. The van der Waals surface area contributed by atoms with E-state index >= 15 is 0 Å². The number of nitrogens with two attached hydrogens (primary N) is 1. The fourth-order valence-corrected chi connectivity index (χ4v) is 1.52. The van der Waals surface area contributed by atoms with Gasteiger partial charge in [-0.3, -0.25) is 19.7 Å². The Morgan fingerprint density at radius 2 is 1.95 bits per heavy atom. The predicted octanol–water partition coefficient (Wildman–Crippen LogP) is -0.642. The van der Waals surface area contributed by atoms with E-state index in [4.69, 9.17) is 5.73 Å². The van der Waals surface area contributed by atoms with Crippen LogP contribution in [0.2, 0.25) is 0 Å². The lowest BCUT2D eigenvalue weighted by atomic mass is 10.1. The van der Waals surface area contributed by atoms with Crippen LogP contribution in [0.4, 0.5) is 11.4 Å². The molecular formula is C12H16N4O5. The Morgan fingerprint density at radius 1 is 1.38 bits per heavy atom. The number of hydrogen-bond acceptors (Lipinski definition) is 6. The molecule has 2 amide bonds. The molecule has 0 unspecified atom stereocenters. The number of hydrogen-bond donors (Lipinski definition) is 4. The van der Waals surface area contributed by atoms with Gasteiger partial charge in [-0.05, 0) is 19.1 Å². The maximum atomic E-state index is 12.0. The Balaban J connectivity index is 2.76. The summed E-state index contributed by atoms with van der Waals surface area (Å²) < 4.78 is 0. The summed E-state index contributed by atoms with van der Waals surface area (Å²) in [5.74, 6) is -1.24. The summed E-state index contributed by atoms with van der Waals surface area (Å²) in [6.45, 7) is 1.03. The van der Waals surface area contributed by atoms with E-state index in [0.29, 0.717) is 5.69 Å². The van der Waals surface area contributed by atoms with Gasteiger partial charge < -0.3 is 21.5 Å². The number of carbonyl (C=O) groups is 2. The molecule has 0 aliphatic heterocycles. The molecule has 1 aromatic rings. The maximum Gasteiger partial charge on any atom is 0.269 e. The highest BCUT2D eigenvalue weighted by Crippen LogP contribution is 2.15. The van der Waals surface area contributed by atoms with Crippen molar-refractivity contribution in [1.29, 1.82) is 0 Å². The number of aliphatic hydroxyl groups excluding tert-OH is 1. The predicted molar refractivity (Wildman–Crippen MR) is 74.4 cm³/mol. The van der Waals surface area contributed by atoms with E-state index in [1.165, 1.54) is 31.2 Å². The second-order valence-electron chi connectivity index (χ2n) is 4.28. The molecule has 114 valence electrons. The molecule has 5 N–H and O–H groups in total. The Kier molecular flexibility index (Phi) is 5.76. The van der Waals surface area contributed by atoms with Crippen LogP contribution in [0.3, 0.4) is 0 Å². The SMILES string of the molecule is C[C@@H](O)[C@H](NC(=O)CN)C(=O)Nc1ccc([N+](=O)[O-])cc1. The number of amides is 2. The summed E-state index contributed by atoms with van der Waals surface area (Å²) >= 11 is 0. The molecule has 0 saturated heterocycles. The number of carbonyl (C=O) groups excluding carboxylic acids is 2. The number of nitro groups is 1. The van der Waals surface area contributed by atoms with Gasteiger partial charge in [0.05, 0.1) is 17.6 Å². The number of anilines is 1. The molecule has 2 atom stereocenters. The topological polar surface area (TPSA) is 148 Å². The molecule has 0 aromatic heterocycles. The summed E-state index contributed by atoms with van der Waals surface area (Å²) in [6.07, 6.45) is -1.13. The molecule has 0 heterocycles. The third-order valence-corrected chi connectivity index (χ3v) is 2.61. The van der Waals surface area contributed by atoms with Crippen LogP contribution in [0.5, 0.6) is 0 Å². The van der Waals surface area contributed by atoms with Gasteiger partial charge in [-0.1, -0.05) is 0 Å². The van der Waals surface area contributed by atoms with Crippen molar-refractivity contribution in [3.63, 3.8) is 0 Å². The van der Waals surface area contributed by atoms with Gasteiger partial charge in [-0.2, -0.15) is 0 Å². The standard InChI is InChI=1S/C12H16N4O5/c1-7(17)11(15-10(18)6-13)12(19)14-8-2-4-9(5-3-8)16(20)21/h2-5,7,11,17H,6,13H2,1H3,(H,14,19)(H,15,18)/t7-,11+/m1/s1. The van der Waals surface area contributed by atoms with Crippen LogP contribution < -0.4 is 16.4 Å². The van der Waals surface area contributed by atoms with Crippen LogP contribution in [-0.4, -0.2) is 40.5 Å². The number of benzene rings is 1. The Labute approximate surface area is 120 Å². The van der Waals surface area contributed by atoms with Crippen LogP contribution in [0.25, 0.3) is 0 Å². The van der Waals surface area contributed by atoms with E-state index in [-0.39, 0.29) is 12.2 Å². The van der Waals surface area contributed by atoms with Gasteiger partial charge in [0.25, 0.3) is 5.69 Å². The van der Waals surface area contributed by atoms with Crippen LogP contribution in [0.15, 0.2) is 24.3 Å². The highest BCUT2D eigenvalue weighted by Gasteiger charge is 2.25. The van der Waals surface area contributed by atoms with Gasteiger partial charge in [0.2, 0.25) is 11.8 Å². The number of nitro benzene ring substituents is 1. The molecule has 0 bridgehead atoms. The van der Waals surface area contributed by atoms with Crippen molar-refractivity contribution < 1.29 is 19.6 Å². The first-order valence-corrected chi connectivity index (χ1v) is 6.08. The molecule has 9 nitrogen and oxygen atoms in total. The second kappa shape index (κ2) is 7.31. The van der Waals surface area contributed by atoms with Gasteiger partial charge in [0.15, 0.2) is 0 Å². The van der Waals surface area contributed by atoms with Crippen molar-refractivity contribution >= 4 is 23.2 Å². The van der Waals surface area contributed by atoms with Gasteiger partial charge in [0.1, 0.15) is 6.04 Å². The summed E-state index contributed by atoms with van der Waals surface area (Å²) in [4.78, 5) is 33.1. The van der Waals surface area contributed by atoms with E-state index in [2.05, 4.69) is 10.6 Å². The minimum atomic E-state index is -1.17. The molecule has 0 radical (unpaired) electrons. The van der Waals surface area contributed by atoms with E-state index < -0.39 is 28.9 Å². The fraction of sp³-hybridized carbons (Fsp3) is 0.333. The van der Waals surface area contributed by atoms with Crippen LogP contribution in [0, 0.1) is 10.1 Å².